The van der Waals surface area contributed by atoms with Gasteiger partial charge in [-0.2, -0.15) is 0 Å². The zero-order valence-corrected chi connectivity index (χ0v) is 9.77. The SMILES string of the molecule is COC1CCC(=O)c2c1ccc1ccccc21. The van der Waals surface area contributed by atoms with Crippen molar-refractivity contribution in [3.05, 3.63) is 47.5 Å². The molecule has 2 nitrogen and oxygen atoms in total. The quantitative estimate of drug-likeness (QED) is 0.743. The van der Waals surface area contributed by atoms with Gasteiger partial charge in [-0.05, 0) is 22.8 Å². The number of hydrogen-bond acceptors (Lipinski definition) is 2. The molecule has 0 saturated carbocycles. The standard InChI is InChI=1S/C15H14O2/c1-17-14-9-8-13(16)15-11-5-3-2-4-10(11)6-7-12(14)15/h2-7,14H,8-9H2,1H3. The van der Waals surface area contributed by atoms with Gasteiger partial charge >= 0.3 is 0 Å². The fourth-order valence-corrected chi connectivity index (χ4v) is 2.66. The van der Waals surface area contributed by atoms with E-state index in [1.807, 2.05) is 30.3 Å². The van der Waals surface area contributed by atoms with E-state index in [1.54, 1.807) is 7.11 Å². The van der Waals surface area contributed by atoms with Gasteiger partial charge in [0.25, 0.3) is 0 Å². The van der Waals surface area contributed by atoms with Crippen molar-refractivity contribution in [1.29, 1.82) is 0 Å². The highest BCUT2D eigenvalue weighted by molar-refractivity contribution is 6.10. The molecule has 1 aliphatic rings. The Morgan fingerprint density at radius 1 is 1.18 bits per heavy atom. The van der Waals surface area contributed by atoms with Crippen LogP contribution in [-0.4, -0.2) is 12.9 Å². The minimum Gasteiger partial charge on any atom is -0.377 e. The summed E-state index contributed by atoms with van der Waals surface area (Å²) in [5, 5.41) is 2.17. The van der Waals surface area contributed by atoms with Crippen LogP contribution < -0.4 is 0 Å². The van der Waals surface area contributed by atoms with E-state index in [1.165, 1.54) is 0 Å². The number of fused-ring (bicyclic) bond motifs is 3. The van der Waals surface area contributed by atoms with Crippen LogP contribution in [0.25, 0.3) is 10.8 Å². The second kappa shape index (κ2) is 3.97. The van der Waals surface area contributed by atoms with Crippen LogP contribution >= 0.6 is 0 Å². The van der Waals surface area contributed by atoms with Crippen LogP contribution in [0.2, 0.25) is 0 Å². The van der Waals surface area contributed by atoms with Gasteiger partial charge in [0.15, 0.2) is 5.78 Å². The van der Waals surface area contributed by atoms with Crippen LogP contribution in [0.3, 0.4) is 0 Å². The van der Waals surface area contributed by atoms with Crippen LogP contribution in [0.1, 0.15) is 34.9 Å². The summed E-state index contributed by atoms with van der Waals surface area (Å²) >= 11 is 0. The maximum absolute atomic E-state index is 12.1. The van der Waals surface area contributed by atoms with Crippen LogP contribution in [0.5, 0.6) is 0 Å². The number of rotatable bonds is 1. The van der Waals surface area contributed by atoms with Gasteiger partial charge in [-0.3, -0.25) is 4.79 Å². The summed E-state index contributed by atoms with van der Waals surface area (Å²) in [4.78, 5) is 12.1. The molecule has 2 heteroatoms. The van der Waals surface area contributed by atoms with Crippen LogP contribution in [0.15, 0.2) is 36.4 Å². The third kappa shape index (κ3) is 1.56. The summed E-state index contributed by atoms with van der Waals surface area (Å²) in [7, 11) is 1.71. The summed E-state index contributed by atoms with van der Waals surface area (Å²) in [5.74, 6) is 0.241. The van der Waals surface area contributed by atoms with Crippen molar-refractivity contribution in [3.63, 3.8) is 0 Å². The van der Waals surface area contributed by atoms with E-state index in [0.717, 1.165) is 28.3 Å². The zero-order chi connectivity index (χ0) is 11.8. The van der Waals surface area contributed by atoms with Crippen LogP contribution in [0, 0.1) is 0 Å². The maximum Gasteiger partial charge on any atom is 0.163 e. The molecular weight excluding hydrogens is 212 g/mol. The molecule has 1 unspecified atom stereocenters. The Kier molecular flexibility index (Phi) is 2.45. The summed E-state index contributed by atoms with van der Waals surface area (Å²) in [6.07, 6.45) is 1.44. The Bertz CT molecular complexity index is 586. The predicted octanol–water partition coefficient (Wildman–Crippen LogP) is 3.50. The van der Waals surface area contributed by atoms with Gasteiger partial charge in [0.05, 0.1) is 6.10 Å². The van der Waals surface area contributed by atoms with Gasteiger partial charge in [0, 0.05) is 19.1 Å². The Morgan fingerprint density at radius 3 is 2.82 bits per heavy atom. The molecule has 0 N–H and O–H groups in total. The fraction of sp³-hybridized carbons (Fsp3) is 0.267. The molecule has 0 amide bonds. The third-order valence-corrected chi connectivity index (χ3v) is 3.51. The summed E-state index contributed by atoms with van der Waals surface area (Å²) in [6.45, 7) is 0. The van der Waals surface area contributed by atoms with E-state index in [-0.39, 0.29) is 11.9 Å². The molecule has 0 aliphatic heterocycles. The molecule has 0 spiro atoms. The molecule has 17 heavy (non-hydrogen) atoms. The summed E-state index contributed by atoms with van der Waals surface area (Å²) in [6, 6.07) is 12.1. The zero-order valence-electron chi connectivity index (χ0n) is 9.77. The van der Waals surface area contributed by atoms with Crippen molar-refractivity contribution in [2.24, 2.45) is 0 Å². The van der Waals surface area contributed by atoms with Gasteiger partial charge in [-0.15, -0.1) is 0 Å². The van der Waals surface area contributed by atoms with Crippen molar-refractivity contribution in [2.75, 3.05) is 7.11 Å². The number of benzene rings is 2. The second-order valence-electron chi connectivity index (χ2n) is 4.44. The highest BCUT2D eigenvalue weighted by atomic mass is 16.5. The minimum absolute atomic E-state index is 0.0623. The normalized spacial score (nSPS) is 19.4. The van der Waals surface area contributed by atoms with Crippen molar-refractivity contribution >= 4 is 16.6 Å². The summed E-state index contributed by atoms with van der Waals surface area (Å²) in [5.41, 5.74) is 1.91. The Hall–Kier alpha value is -1.67. The molecule has 0 aromatic heterocycles. The average molecular weight is 226 g/mol. The molecule has 0 heterocycles. The smallest absolute Gasteiger partial charge is 0.163 e. The van der Waals surface area contributed by atoms with E-state index in [4.69, 9.17) is 4.74 Å². The lowest BCUT2D eigenvalue weighted by Crippen LogP contribution is -2.17. The fourth-order valence-electron chi connectivity index (χ4n) is 2.66. The molecular formula is C15H14O2. The lowest BCUT2D eigenvalue weighted by Gasteiger charge is -2.24. The van der Waals surface area contributed by atoms with E-state index in [2.05, 4.69) is 6.07 Å². The van der Waals surface area contributed by atoms with E-state index in [0.29, 0.717) is 6.42 Å². The lowest BCUT2D eigenvalue weighted by molar-refractivity contribution is 0.0740. The number of ether oxygens (including phenoxy) is 1. The number of carbonyl (C=O) groups is 1. The third-order valence-electron chi connectivity index (χ3n) is 3.51. The van der Waals surface area contributed by atoms with Gasteiger partial charge in [-0.1, -0.05) is 36.4 Å². The first-order chi connectivity index (χ1) is 8.31. The van der Waals surface area contributed by atoms with Gasteiger partial charge in [0.1, 0.15) is 0 Å². The van der Waals surface area contributed by atoms with Crippen LogP contribution in [-0.2, 0) is 4.74 Å². The molecule has 0 fully saturated rings. The Labute approximate surface area is 100 Å². The largest absolute Gasteiger partial charge is 0.377 e. The van der Waals surface area contributed by atoms with E-state index < -0.39 is 0 Å². The molecule has 86 valence electrons. The molecule has 2 aromatic rings. The van der Waals surface area contributed by atoms with Gasteiger partial charge in [-0.25, -0.2) is 0 Å². The van der Waals surface area contributed by atoms with E-state index in [9.17, 15) is 4.79 Å². The molecule has 1 aliphatic carbocycles. The predicted molar refractivity (Wildman–Crippen MR) is 67.3 cm³/mol. The average Bonchev–Trinajstić information content (AvgIpc) is 2.39. The molecule has 3 rings (SSSR count). The number of hydrogen-bond donors (Lipinski definition) is 0. The molecule has 1 atom stereocenters. The Morgan fingerprint density at radius 2 is 2.00 bits per heavy atom. The second-order valence-corrected chi connectivity index (χ2v) is 4.44. The van der Waals surface area contributed by atoms with Crippen molar-refractivity contribution < 1.29 is 9.53 Å². The lowest BCUT2D eigenvalue weighted by atomic mass is 9.85. The van der Waals surface area contributed by atoms with Crippen LogP contribution in [0.4, 0.5) is 0 Å². The van der Waals surface area contributed by atoms with Crippen molar-refractivity contribution in [2.45, 2.75) is 18.9 Å². The summed E-state index contributed by atoms with van der Waals surface area (Å²) < 4.78 is 5.46. The van der Waals surface area contributed by atoms with E-state index >= 15 is 0 Å². The first kappa shape index (κ1) is 10.5. The van der Waals surface area contributed by atoms with Crippen molar-refractivity contribution in [3.8, 4) is 0 Å². The number of carbonyl (C=O) groups excluding carboxylic acids is 1. The number of methoxy groups -OCH3 is 1. The molecule has 0 bridgehead atoms. The highest BCUT2D eigenvalue weighted by Gasteiger charge is 2.26. The monoisotopic (exact) mass is 226 g/mol. The molecule has 0 saturated heterocycles. The highest BCUT2D eigenvalue weighted by Crippen LogP contribution is 2.36. The first-order valence-electron chi connectivity index (χ1n) is 5.89. The minimum atomic E-state index is 0.0623. The number of ketones is 1. The van der Waals surface area contributed by atoms with Crippen molar-refractivity contribution in [1.82, 2.24) is 0 Å². The Balaban J connectivity index is 2.33. The molecule has 2 aromatic carbocycles. The maximum atomic E-state index is 12.1. The van der Waals surface area contributed by atoms with Gasteiger partial charge < -0.3 is 4.74 Å². The first-order valence-corrected chi connectivity index (χ1v) is 5.89. The molecule has 0 radical (unpaired) electrons. The number of Topliss-reactive ketones (excluding diaryl/α,β-unsaturated/α-hetero) is 1. The van der Waals surface area contributed by atoms with Gasteiger partial charge in [0.2, 0.25) is 0 Å². The topological polar surface area (TPSA) is 26.3 Å².